The van der Waals surface area contributed by atoms with Crippen LogP contribution in [-0.2, 0) is 13.1 Å². The third kappa shape index (κ3) is 1.45. The summed E-state index contributed by atoms with van der Waals surface area (Å²) < 4.78 is 3.85. The van der Waals surface area contributed by atoms with Gasteiger partial charge >= 0.3 is 0 Å². The van der Waals surface area contributed by atoms with E-state index in [2.05, 4.69) is 40.9 Å². The molecular weight excluding hydrogens is 228 g/mol. The SMILES string of the molecule is CCn1ncc(-c2nc3c(cnn3CC)[nH]2)c1C. The van der Waals surface area contributed by atoms with Crippen LogP contribution in [0.25, 0.3) is 22.6 Å². The Labute approximate surface area is 105 Å². The molecule has 0 aromatic carbocycles. The summed E-state index contributed by atoms with van der Waals surface area (Å²) >= 11 is 0. The van der Waals surface area contributed by atoms with Gasteiger partial charge in [-0.05, 0) is 20.8 Å². The molecule has 0 aliphatic heterocycles. The summed E-state index contributed by atoms with van der Waals surface area (Å²) in [4.78, 5) is 7.91. The largest absolute Gasteiger partial charge is 0.335 e. The summed E-state index contributed by atoms with van der Waals surface area (Å²) in [5.41, 5.74) is 4.05. The van der Waals surface area contributed by atoms with Crippen molar-refractivity contribution in [3.05, 3.63) is 18.1 Å². The second-order valence-corrected chi connectivity index (χ2v) is 4.24. The van der Waals surface area contributed by atoms with E-state index in [4.69, 9.17) is 0 Å². The predicted octanol–water partition coefficient (Wildman–Crippen LogP) is 1.97. The Morgan fingerprint density at radius 2 is 1.83 bits per heavy atom. The molecule has 3 rings (SSSR count). The molecule has 0 spiro atoms. The van der Waals surface area contributed by atoms with Crippen LogP contribution in [0.3, 0.4) is 0 Å². The standard InChI is InChI=1S/C12H16N6/c1-4-17-8(3)9(6-13-17)11-15-10-7-14-18(5-2)12(10)16-11/h6-7H,4-5H2,1-3H3,(H,15,16). The van der Waals surface area contributed by atoms with Gasteiger partial charge in [-0.3, -0.25) is 4.68 Å². The number of hydrogen-bond donors (Lipinski definition) is 1. The molecule has 6 heteroatoms. The second kappa shape index (κ2) is 3.97. The van der Waals surface area contributed by atoms with Crippen LogP contribution in [0.4, 0.5) is 0 Å². The molecule has 18 heavy (non-hydrogen) atoms. The first-order valence-electron chi connectivity index (χ1n) is 6.18. The topological polar surface area (TPSA) is 64.3 Å². The molecule has 0 radical (unpaired) electrons. The minimum atomic E-state index is 0.820. The van der Waals surface area contributed by atoms with Crippen LogP contribution in [0, 0.1) is 6.92 Å². The van der Waals surface area contributed by atoms with Crippen molar-refractivity contribution in [1.82, 2.24) is 29.5 Å². The van der Waals surface area contributed by atoms with Crippen molar-refractivity contribution in [2.75, 3.05) is 0 Å². The zero-order valence-corrected chi connectivity index (χ0v) is 10.8. The highest BCUT2D eigenvalue weighted by Gasteiger charge is 2.14. The van der Waals surface area contributed by atoms with E-state index in [0.29, 0.717) is 0 Å². The van der Waals surface area contributed by atoms with E-state index in [9.17, 15) is 0 Å². The van der Waals surface area contributed by atoms with Crippen LogP contribution in [0.15, 0.2) is 12.4 Å². The Balaban J connectivity index is 2.13. The van der Waals surface area contributed by atoms with Crippen LogP contribution in [0.5, 0.6) is 0 Å². The van der Waals surface area contributed by atoms with Gasteiger partial charge in [0.1, 0.15) is 11.3 Å². The molecular formula is C12H16N6. The summed E-state index contributed by atoms with van der Waals surface area (Å²) in [6.45, 7) is 7.89. The quantitative estimate of drug-likeness (QED) is 0.766. The maximum Gasteiger partial charge on any atom is 0.176 e. The molecule has 0 saturated carbocycles. The highest BCUT2D eigenvalue weighted by Crippen LogP contribution is 2.23. The summed E-state index contributed by atoms with van der Waals surface area (Å²) in [6, 6.07) is 0. The lowest BCUT2D eigenvalue weighted by atomic mass is 10.2. The lowest BCUT2D eigenvalue weighted by Gasteiger charge is -1.99. The third-order valence-electron chi connectivity index (χ3n) is 3.24. The van der Waals surface area contributed by atoms with Gasteiger partial charge in [0.2, 0.25) is 0 Å². The number of nitrogens with zero attached hydrogens (tertiary/aromatic N) is 5. The number of rotatable bonds is 3. The lowest BCUT2D eigenvalue weighted by molar-refractivity contribution is 0.640. The van der Waals surface area contributed by atoms with Crippen LogP contribution in [0.1, 0.15) is 19.5 Å². The number of hydrogen-bond acceptors (Lipinski definition) is 3. The van der Waals surface area contributed by atoms with Crippen molar-refractivity contribution < 1.29 is 0 Å². The van der Waals surface area contributed by atoms with Crippen molar-refractivity contribution >= 4 is 11.2 Å². The number of nitrogens with one attached hydrogen (secondary N) is 1. The van der Waals surface area contributed by atoms with Crippen LogP contribution in [-0.4, -0.2) is 29.5 Å². The molecule has 0 saturated heterocycles. The summed E-state index contributed by atoms with van der Waals surface area (Å²) in [5.74, 6) is 0.863. The smallest absolute Gasteiger partial charge is 0.176 e. The van der Waals surface area contributed by atoms with Gasteiger partial charge in [-0.2, -0.15) is 10.2 Å². The Morgan fingerprint density at radius 1 is 1.11 bits per heavy atom. The lowest BCUT2D eigenvalue weighted by Crippen LogP contribution is -1.99. The molecule has 0 aliphatic carbocycles. The second-order valence-electron chi connectivity index (χ2n) is 4.24. The number of aryl methyl sites for hydroxylation is 2. The molecule has 0 bridgehead atoms. The Bertz CT molecular complexity index is 687. The summed E-state index contributed by atoms with van der Waals surface area (Å²) in [7, 11) is 0. The van der Waals surface area contributed by atoms with Gasteiger partial charge in [0.05, 0.1) is 18.0 Å². The Hall–Kier alpha value is -2.11. The summed E-state index contributed by atoms with van der Waals surface area (Å²) in [6.07, 6.45) is 3.68. The predicted molar refractivity (Wildman–Crippen MR) is 69.2 cm³/mol. The minimum absolute atomic E-state index is 0.820. The van der Waals surface area contributed by atoms with Gasteiger partial charge in [-0.1, -0.05) is 0 Å². The minimum Gasteiger partial charge on any atom is -0.335 e. The molecule has 3 aromatic rings. The zero-order valence-electron chi connectivity index (χ0n) is 10.8. The summed E-state index contributed by atoms with van der Waals surface area (Å²) in [5, 5.41) is 8.60. The van der Waals surface area contributed by atoms with Gasteiger partial charge in [-0.15, -0.1) is 0 Å². The number of fused-ring (bicyclic) bond motifs is 1. The van der Waals surface area contributed by atoms with Crippen LogP contribution in [0.2, 0.25) is 0 Å². The van der Waals surface area contributed by atoms with E-state index in [1.807, 2.05) is 21.8 Å². The monoisotopic (exact) mass is 244 g/mol. The van der Waals surface area contributed by atoms with Crippen molar-refractivity contribution in [2.45, 2.75) is 33.9 Å². The van der Waals surface area contributed by atoms with Crippen LogP contribution < -0.4 is 0 Å². The number of aromatic amines is 1. The van der Waals surface area contributed by atoms with Gasteiger partial charge in [0, 0.05) is 18.8 Å². The molecule has 3 heterocycles. The van der Waals surface area contributed by atoms with E-state index >= 15 is 0 Å². The molecule has 94 valence electrons. The average Bonchev–Trinajstić information content (AvgIpc) is 3.01. The fourth-order valence-electron chi connectivity index (χ4n) is 2.20. The molecule has 1 N–H and O–H groups in total. The van der Waals surface area contributed by atoms with Crippen LogP contribution >= 0.6 is 0 Å². The number of imidazole rings is 1. The van der Waals surface area contributed by atoms with E-state index in [-0.39, 0.29) is 0 Å². The highest BCUT2D eigenvalue weighted by molar-refractivity contribution is 5.76. The van der Waals surface area contributed by atoms with Gasteiger partial charge in [0.15, 0.2) is 5.65 Å². The molecule has 0 unspecified atom stereocenters. The molecule has 0 aliphatic rings. The van der Waals surface area contributed by atoms with E-state index in [1.54, 1.807) is 0 Å². The number of H-pyrrole nitrogens is 1. The molecule has 0 atom stereocenters. The molecule has 0 fully saturated rings. The van der Waals surface area contributed by atoms with Gasteiger partial charge in [0.25, 0.3) is 0 Å². The first-order valence-corrected chi connectivity index (χ1v) is 6.18. The molecule has 3 aromatic heterocycles. The van der Waals surface area contributed by atoms with E-state index in [1.165, 1.54) is 0 Å². The first kappa shape index (κ1) is 11.0. The molecule has 0 amide bonds. The van der Waals surface area contributed by atoms with Crippen molar-refractivity contribution in [2.24, 2.45) is 0 Å². The van der Waals surface area contributed by atoms with Gasteiger partial charge in [-0.25, -0.2) is 9.67 Å². The van der Waals surface area contributed by atoms with Crippen molar-refractivity contribution in [1.29, 1.82) is 0 Å². The average molecular weight is 244 g/mol. The Kier molecular flexibility index (Phi) is 2.43. The highest BCUT2D eigenvalue weighted by atomic mass is 15.3. The first-order chi connectivity index (χ1) is 8.74. The number of aromatic nitrogens is 6. The maximum absolute atomic E-state index is 4.61. The third-order valence-corrected chi connectivity index (χ3v) is 3.24. The fourth-order valence-corrected chi connectivity index (χ4v) is 2.20. The van der Waals surface area contributed by atoms with E-state index in [0.717, 1.165) is 41.3 Å². The fraction of sp³-hybridized carbons (Fsp3) is 0.417. The van der Waals surface area contributed by atoms with Crippen molar-refractivity contribution in [3.63, 3.8) is 0 Å². The molecule has 6 nitrogen and oxygen atoms in total. The van der Waals surface area contributed by atoms with Gasteiger partial charge < -0.3 is 4.98 Å². The van der Waals surface area contributed by atoms with E-state index < -0.39 is 0 Å². The normalized spacial score (nSPS) is 11.5. The van der Waals surface area contributed by atoms with Crippen molar-refractivity contribution in [3.8, 4) is 11.4 Å². The Morgan fingerprint density at radius 3 is 2.50 bits per heavy atom. The zero-order chi connectivity index (χ0) is 12.7. The maximum atomic E-state index is 4.61.